The highest BCUT2D eigenvalue weighted by atomic mass is 16.3. The van der Waals surface area contributed by atoms with Gasteiger partial charge in [-0.15, -0.1) is 0 Å². The van der Waals surface area contributed by atoms with E-state index in [1.807, 2.05) is 19.1 Å². The zero-order chi connectivity index (χ0) is 14.0. The highest BCUT2D eigenvalue weighted by Crippen LogP contribution is 2.20. The van der Waals surface area contributed by atoms with Crippen LogP contribution in [0.5, 0.6) is 0 Å². The quantitative estimate of drug-likeness (QED) is 0.762. The molecule has 19 heavy (non-hydrogen) atoms. The molecule has 3 N–H and O–H groups in total. The second-order valence-corrected chi connectivity index (χ2v) is 5.84. The Morgan fingerprint density at radius 3 is 2.37 bits per heavy atom. The molecule has 0 spiro atoms. The molecule has 0 saturated heterocycles. The number of carbonyl (C=O) groups is 1. The van der Waals surface area contributed by atoms with Crippen LogP contribution in [-0.4, -0.2) is 28.7 Å². The first-order valence-electron chi connectivity index (χ1n) is 6.76. The fourth-order valence-corrected chi connectivity index (χ4v) is 1.64. The molecule has 1 saturated carbocycles. The normalized spacial score (nSPS) is 16.8. The topological polar surface area (TPSA) is 61.4 Å². The van der Waals surface area contributed by atoms with Crippen molar-refractivity contribution in [1.82, 2.24) is 5.32 Å². The first kappa shape index (κ1) is 13.9. The summed E-state index contributed by atoms with van der Waals surface area (Å²) in [5.41, 5.74) is 0.785. The molecule has 1 unspecified atom stereocenters. The maximum Gasteiger partial charge on any atom is 0.251 e. The molecule has 1 aliphatic carbocycles. The van der Waals surface area contributed by atoms with Crippen molar-refractivity contribution in [3.63, 3.8) is 0 Å². The SMILES string of the molecule is CC(Nc1ccc(C(=O)NC2CC2)cc1)C(C)(C)O. The van der Waals surface area contributed by atoms with Crippen LogP contribution in [-0.2, 0) is 0 Å². The Balaban J connectivity index is 1.95. The number of amides is 1. The number of aliphatic hydroxyl groups is 1. The summed E-state index contributed by atoms with van der Waals surface area (Å²) in [6, 6.07) is 7.64. The van der Waals surface area contributed by atoms with Crippen molar-refractivity contribution < 1.29 is 9.90 Å². The average molecular weight is 262 g/mol. The number of anilines is 1. The molecule has 0 aliphatic heterocycles. The van der Waals surface area contributed by atoms with Gasteiger partial charge in [-0.25, -0.2) is 0 Å². The first-order valence-corrected chi connectivity index (χ1v) is 6.76. The minimum absolute atomic E-state index is 0.00964. The van der Waals surface area contributed by atoms with Crippen molar-refractivity contribution in [1.29, 1.82) is 0 Å². The van der Waals surface area contributed by atoms with Crippen LogP contribution in [0.15, 0.2) is 24.3 Å². The van der Waals surface area contributed by atoms with Gasteiger partial charge in [0.1, 0.15) is 0 Å². The van der Waals surface area contributed by atoms with Gasteiger partial charge in [-0.2, -0.15) is 0 Å². The predicted molar refractivity (Wildman–Crippen MR) is 76.3 cm³/mol. The van der Waals surface area contributed by atoms with Gasteiger partial charge in [0, 0.05) is 17.3 Å². The molecule has 0 heterocycles. The second kappa shape index (κ2) is 5.21. The molecule has 4 nitrogen and oxygen atoms in total. The Hall–Kier alpha value is -1.55. The lowest BCUT2D eigenvalue weighted by atomic mass is 10.0. The molecular weight excluding hydrogens is 240 g/mol. The highest BCUT2D eigenvalue weighted by Gasteiger charge is 2.24. The van der Waals surface area contributed by atoms with E-state index >= 15 is 0 Å². The molecule has 1 aromatic carbocycles. The van der Waals surface area contributed by atoms with Crippen molar-refractivity contribution in [2.24, 2.45) is 0 Å². The summed E-state index contributed by atoms with van der Waals surface area (Å²) in [6.07, 6.45) is 2.18. The van der Waals surface area contributed by atoms with Crippen LogP contribution >= 0.6 is 0 Å². The standard InChI is InChI=1S/C15H22N2O2/c1-10(15(2,3)19)16-12-6-4-11(5-7-12)14(18)17-13-8-9-13/h4-7,10,13,16,19H,8-9H2,1-3H3,(H,17,18). The van der Waals surface area contributed by atoms with Gasteiger partial charge < -0.3 is 15.7 Å². The van der Waals surface area contributed by atoms with E-state index in [0.717, 1.165) is 18.5 Å². The molecule has 2 rings (SSSR count). The summed E-state index contributed by atoms with van der Waals surface area (Å²) >= 11 is 0. The summed E-state index contributed by atoms with van der Waals surface area (Å²) in [5, 5.41) is 16.0. The Kier molecular flexibility index (Phi) is 3.80. The minimum Gasteiger partial charge on any atom is -0.388 e. The van der Waals surface area contributed by atoms with E-state index in [4.69, 9.17) is 0 Å². The largest absolute Gasteiger partial charge is 0.388 e. The molecule has 0 radical (unpaired) electrons. The van der Waals surface area contributed by atoms with Crippen LogP contribution in [0.2, 0.25) is 0 Å². The van der Waals surface area contributed by atoms with Crippen LogP contribution in [0.4, 0.5) is 5.69 Å². The number of benzene rings is 1. The van der Waals surface area contributed by atoms with Gasteiger partial charge in [0.25, 0.3) is 5.91 Å². The van der Waals surface area contributed by atoms with Crippen molar-refractivity contribution in [3.8, 4) is 0 Å². The number of hydrogen-bond acceptors (Lipinski definition) is 3. The van der Waals surface area contributed by atoms with E-state index in [1.165, 1.54) is 0 Å². The van der Waals surface area contributed by atoms with E-state index < -0.39 is 5.60 Å². The Morgan fingerprint density at radius 1 is 1.32 bits per heavy atom. The van der Waals surface area contributed by atoms with Crippen LogP contribution < -0.4 is 10.6 Å². The summed E-state index contributed by atoms with van der Waals surface area (Å²) in [4.78, 5) is 11.8. The molecule has 1 aliphatic rings. The van der Waals surface area contributed by atoms with E-state index in [9.17, 15) is 9.90 Å². The minimum atomic E-state index is -0.790. The zero-order valence-corrected chi connectivity index (χ0v) is 11.7. The average Bonchev–Trinajstić information content (AvgIpc) is 3.12. The fourth-order valence-electron chi connectivity index (χ4n) is 1.64. The Morgan fingerprint density at radius 2 is 1.89 bits per heavy atom. The predicted octanol–water partition coefficient (Wildman–Crippen LogP) is 2.15. The third kappa shape index (κ3) is 3.96. The van der Waals surface area contributed by atoms with Gasteiger partial charge in [0.15, 0.2) is 0 Å². The fraction of sp³-hybridized carbons (Fsp3) is 0.533. The molecule has 1 aromatic rings. The highest BCUT2D eigenvalue weighted by molar-refractivity contribution is 5.94. The zero-order valence-electron chi connectivity index (χ0n) is 11.7. The van der Waals surface area contributed by atoms with E-state index in [0.29, 0.717) is 11.6 Å². The van der Waals surface area contributed by atoms with Gasteiger partial charge >= 0.3 is 0 Å². The van der Waals surface area contributed by atoms with E-state index in [-0.39, 0.29) is 11.9 Å². The maximum atomic E-state index is 11.8. The van der Waals surface area contributed by atoms with Crippen LogP contribution in [0, 0.1) is 0 Å². The molecule has 1 fully saturated rings. The molecule has 1 atom stereocenters. The van der Waals surface area contributed by atoms with Crippen molar-refractivity contribution in [2.75, 3.05) is 5.32 Å². The number of nitrogens with one attached hydrogen (secondary N) is 2. The summed E-state index contributed by atoms with van der Waals surface area (Å²) < 4.78 is 0. The van der Waals surface area contributed by atoms with Gasteiger partial charge in [0.2, 0.25) is 0 Å². The van der Waals surface area contributed by atoms with Gasteiger partial charge in [-0.1, -0.05) is 0 Å². The molecule has 1 amide bonds. The van der Waals surface area contributed by atoms with Gasteiger partial charge in [-0.3, -0.25) is 4.79 Å². The summed E-state index contributed by atoms with van der Waals surface area (Å²) in [7, 11) is 0. The van der Waals surface area contributed by atoms with E-state index in [2.05, 4.69) is 10.6 Å². The monoisotopic (exact) mass is 262 g/mol. The first-order chi connectivity index (χ1) is 8.86. The van der Waals surface area contributed by atoms with Crippen molar-refractivity contribution in [3.05, 3.63) is 29.8 Å². The lowest BCUT2D eigenvalue weighted by Crippen LogP contribution is -2.39. The third-order valence-electron chi connectivity index (χ3n) is 3.50. The second-order valence-electron chi connectivity index (χ2n) is 5.84. The lowest BCUT2D eigenvalue weighted by Gasteiger charge is -2.27. The van der Waals surface area contributed by atoms with Crippen LogP contribution in [0.3, 0.4) is 0 Å². The van der Waals surface area contributed by atoms with Crippen molar-refractivity contribution in [2.45, 2.75) is 51.3 Å². The van der Waals surface area contributed by atoms with E-state index in [1.54, 1.807) is 26.0 Å². The lowest BCUT2D eigenvalue weighted by molar-refractivity contribution is 0.0649. The molecule has 0 bridgehead atoms. The third-order valence-corrected chi connectivity index (χ3v) is 3.50. The molecule has 0 aromatic heterocycles. The number of hydrogen-bond donors (Lipinski definition) is 3. The molecule has 104 valence electrons. The maximum absolute atomic E-state index is 11.8. The Bertz CT molecular complexity index is 444. The van der Waals surface area contributed by atoms with Crippen molar-refractivity contribution >= 4 is 11.6 Å². The summed E-state index contributed by atoms with van der Waals surface area (Å²) in [5.74, 6) is -0.00964. The van der Waals surface area contributed by atoms with Gasteiger partial charge in [0.05, 0.1) is 11.6 Å². The molecular formula is C15H22N2O2. The molecule has 4 heteroatoms. The number of rotatable bonds is 5. The van der Waals surface area contributed by atoms with Crippen LogP contribution in [0.25, 0.3) is 0 Å². The summed E-state index contributed by atoms with van der Waals surface area (Å²) in [6.45, 7) is 5.46. The Labute approximate surface area is 114 Å². The number of carbonyl (C=O) groups excluding carboxylic acids is 1. The smallest absolute Gasteiger partial charge is 0.251 e. The van der Waals surface area contributed by atoms with Crippen LogP contribution in [0.1, 0.15) is 44.0 Å². The van der Waals surface area contributed by atoms with Gasteiger partial charge in [-0.05, 0) is 57.9 Å².